The molecule has 0 saturated heterocycles. The van der Waals surface area contributed by atoms with Gasteiger partial charge < -0.3 is 10.2 Å². The molecule has 2 atom stereocenters. The van der Waals surface area contributed by atoms with E-state index in [1.807, 2.05) is 139 Å². The molecule has 6 rings (SSSR count). The number of Topliss-reactive ketones (excluding diaryl/α,β-unsaturated/α-hetero) is 2. The number of nitrogens with zero attached hydrogens (tertiary/aromatic N) is 2. The first-order chi connectivity index (χ1) is 26.7. The molecular weight excluding hydrogens is 751 g/mol. The number of aliphatic hydroxyl groups excluding tert-OH is 2. The summed E-state index contributed by atoms with van der Waals surface area (Å²) in [6.07, 6.45) is 2.91. The van der Waals surface area contributed by atoms with Gasteiger partial charge in [-0.05, 0) is 122 Å². The van der Waals surface area contributed by atoms with Crippen LogP contribution in [0.2, 0.25) is 0 Å². The molecule has 0 heterocycles. The third-order valence-corrected chi connectivity index (χ3v) is 10.3. The number of aliphatic imine (C=N–C) groups is 2. The number of allylic oxidation sites excluding steroid dienone is 4. The Labute approximate surface area is 345 Å². The first-order valence-corrected chi connectivity index (χ1v) is 18.8. The molecule has 0 spiro atoms. The topological polar surface area (TPSA) is 99.3 Å². The third-order valence-electron chi connectivity index (χ3n) is 10.3. The van der Waals surface area contributed by atoms with E-state index in [0.29, 0.717) is 11.1 Å². The summed E-state index contributed by atoms with van der Waals surface area (Å²) in [5, 5.41) is 26.1. The maximum Gasteiger partial charge on any atom is 0.198 e. The van der Waals surface area contributed by atoms with Gasteiger partial charge >= 0.3 is 0 Å². The van der Waals surface area contributed by atoms with Crippen LogP contribution in [0.5, 0.6) is 0 Å². The van der Waals surface area contributed by atoms with Gasteiger partial charge in [0.1, 0.15) is 23.6 Å². The van der Waals surface area contributed by atoms with Crippen molar-refractivity contribution in [2.45, 2.75) is 67.5 Å². The normalized spacial score (nSPS) is 13.7. The minimum atomic E-state index is -0.738. The average molecular weight is 800 g/mol. The van der Waals surface area contributed by atoms with Crippen LogP contribution in [0.15, 0.2) is 142 Å². The minimum Gasteiger partial charge on any atom is -0.512 e. The number of fused-ring (bicyclic) bond motifs is 2. The maximum absolute atomic E-state index is 14.2. The summed E-state index contributed by atoms with van der Waals surface area (Å²) in [4.78, 5) is 38.7. The van der Waals surface area contributed by atoms with Gasteiger partial charge in [0.2, 0.25) is 0 Å². The fourth-order valence-corrected chi connectivity index (χ4v) is 7.77. The number of hydrogen-bond donors (Lipinski definition) is 2. The van der Waals surface area contributed by atoms with E-state index in [-0.39, 0.29) is 51.0 Å². The second-order valence-electron chi connectivity index (χ2n) is 14.9. The molecule has 0 saturated carbocycles. The molecule has 0 aromatic heterocycles. The Bertz CT molecular complexity index is 2410. The summed E-state index contributed by atoms with van der Waals surface area (Å²) in [7, 11) is 0. The number of hydrogen-bond acceptors (Lipinski definition) is 6. The number of ketones is 2. The summed E-state index contributed by atoms with van der Waals surface area (Å²) in [5.41, 5.74) is 8.13. The van der Waals surface area contributed by atoms with Crippen LogP contribution in [0.1, 0.15) is 91.2 Å². The van der Waals surface area contributed by atoms with E-state index < -0.39 is 12.1 Å². The largest absolute Gasteiger partial charge is 0.512 e. The maximum atomic E-state index is 14.2. The number of carbonyl (C=O) groups excluding carboxylic acids is 2. The molecule has 0 aliphatic rings. The molecule has 291 valence electrons. The molecule has 0 unspecified atom stereocenters. The van der Waals surface area contributed by atoms with E-state index >= 15 is 0 Å². The van der Waals surface area contributed by atoms with Crippen LogP contribution in [0.3, 0.4) is 0 Å². The molecule has 0 fully saturated rings. The van der Waals surface area contributed by atoms with Gasteiger partial charge in [0.25, 0.3) is 0 Å². The molecule has 6 nitrogen and oxygen atoms in total. The second kappa shape index (κ2) is 17.9. The fourth-order valence-electron chi connectivity index (χ4n) is 7.77. The Hall–Kier alpha value is -5.89. The van der Waals surface area contributed by atoms with Crippen molar-refractivity contribution in [2.24, 2.45) is 9.98 Å². The molecular formula is C50H48CoN2O4. The van der Waals surface area contributed by atoms with Crippen LogP contribution in [0.25, 0.3) is 21.5 Å². The van der Waals surface area contributed by atoms with Gasteiger partial charge in [-0.1, -0.05) is 108 Å². The van der Waals surface area contributed by atoms with Gasteiger partial charge in [0, 0.05) is 40.3 Å². The second-order valence-corrected chi connectivity index (χ2v) is 14.9. The van der Waals surface area contributed by atoms with Gasteiger partial charge in [-0.3, -0.25) is 19.6 Å². The fraction of sp³-hybridized carbons (Fsp3) is 0.200. The van der Waals surface area contributed by atoms with E-state index in [2.05, 4.69) is 12.1 Å². The van der Waals surface area contributed by atoms with E-state index in [1.54, 1.807) is 0 Å². The van der Waals surface area contributed by atoms with Gasteiger partial charge in [-0.15, -0.1) is 0 Å². The van der Waals surface area contributed by atoms with Crippen molar-refractivity contribution in [1.29, 1.82) is 0 Å². The average Bonchev–Trinajstić information content (AvgIpc) is 3.14. The van der Waals surface area contributed by atoms with Crippen molar-refractivity contribution >= 4 is 45.5 Å². The van der Waals surface area contributed by atoms with Crippen LogP contribution < -0.4 is 0 Å². The van der Waals surface area contributed by atoms with Gasteiger partial charge in [-0.2, -0.15) is 0 Å². The van der Waals surface area contributed by atoms with Crippen LogP contribution in [0.4, 0.5) is 0 Å². The summed E-state index contributed by atoms with van der Waals surface area (Å²) >= 11 is 0. The SMILES string of the molecule is C/C(O)=C(/C=N[C@@H](c1ccc2ccccc2c1)[C@@H](N=C/C(C(=O)c1c(C)cc(C)cc1C)=C(/C)O)c1ccc2ccccc2c1)C(=O)c1c(C)cc(C)cc1C.[Co]. The van der Waals surface area contributed by atoms with Crippen molar-refractivity contribution in [2.75, 3.05) is 0 Å². The van der Waals surface area contributed by atoms with Gasteiger partial charge in [0.15, 0.2) is 11.6 Å². The van der Waals surface area contributed by atoms with E-state index in [0.717, 1.165) is 66.1 Å². The van der Waals surface area contributed by atoms with Gasteiger partial charge in [-0.25, -0.2) is 0 Å². The summed E-state index contributed by atoms with van der Waals surface area (Å²) in [6, 6.07) is 34.6. The van der Waals surface area contributed by atoms with Crippen molar-refractivity contribution < 1.29 is 36.6 Å². The van der Waals surface area contributed by atoms with E-state index in [1.165, 1.54) is 26.3 Å². The van der Waals surface area contributed by atoms with Crippen LogP contribution in [-0.2, 0) is 16.8 Å². The molecule has 7 heteroatoms. The number of benzene rings is 6. The first-order valence-electron chi connectivity index (χ1n) is 18.8. The number of aryl methyl sites for hydroxylation is 6. The Balaban J connectivity index is 0.00000620. The third kappa shape index (κ3) is 9.23. The molecule has 6 aromatic rings. The number of rotatable bonds is 11. The number of aliphatic hydroxyl groups is 2. The Kier molecular flexibility index (Phi) is 13.3. The van der Waals surface area contributed by atoms with Crippen LogP contribution >= 0.6 is 0 Å². The predicted molar refractivity (Wildman–Crippen MR) is 231 cm³/mol. The zero-order valence-corrected chi connectivity index (χ0v) is 34.7. The van der Waals surface area contributed by atoms with Crippen LogP contribution in [-0.4, -0.2) is 34.2 Å². The molecule has 6 aromatic carbocycles. The Morgan fingerprint density at radius 2 is 0.807 bits per heavy atom. The van der Waals surface area contributed by atoms with Crippen LogP contribution in [0, 0.1) is 41.5 Å². The molecule has 0 bridgehead atoms. The number of carbonyl (C=O) groups is 2. The Morgan fingerprint density at radius 3 is 1.12 bits per heavy atom. The summed E-state index contributed by atoms with van der Waals surface area (Å²) < 4.78 is 0. The van der Waals surface area contributed by atoms with Gasteiger partial charge in [0.05, 0.1) is 11.1 Å². The minimum absolute atomic E-state index is 0. The molecule has 2 N–H and O–H groups in total. The van der Waals surface area contributed by atoms with E-state index in [4.69, 9.17) is 9.98 Å². The zero-order chi connectivity index (χ0) is 40.3. The Morgan fingerprint density at radius 1 is 0.491 bits per heavy atom. The zero-order valence-electron chi connectivity index (χ0n) is 33.6. The standard InChI is InChI=1S/C50H48N2O4.Co/c1-29-21-31(3)45(32(4)22-29)49(55)43(35(7)53)27-51-47(41-19-17-37-13-9-11-15-39(37)25-41)48(42-20-18-38-14-10-12-16-40(38)26-42)52-28-44(36(8)54)50(56)46-33(5)23-30(2)24-34(46)6;/h9-28,47-48,53-54H,1-8H3;/b43-35+,44-36+,51-27?,52-28?;/t47-,48-;/m0./s1. The van der Waals surface area contributed by atoms with Crippen molar-refractivity contribution in [3.8, 4) is 0 Å². The first kappa shape index (κ1) is 42.3. The van der Waals surface area contributed by atoms with Crippen molar-refractivity contribution in [3.63, 3.8) is 0 Å². The molecule has 0 aliphatic carbocycles. The summed E-state index contributed by atoms with van der Waals surface area (Å²) in [6.45, 7) is 14.5. The molecule has 1 radical (unpaired) electrons. The van der Waals surface area contributed by atoms with Crippen molar-refractivity contribution in [1.82, 2.24) is 0 Å². The quantitative estimate of drug-likeness (QED) is 0.0590. The van der Waals surface area contributed by atoms with E-state index in [9.17, 15) is 19.8 Å². The molecule has 0 aliphatic heterocycles. The smallest absolute Gasteiger partial charge is 0.198 e. The predicted octanol–water partition coefficient (Wildman–Crippen LogP) is 12.2. The molecule has 0 amide bonds. The summed E-state index contributed by atoms with van der Waals surface area (Å²) in [5.74, 6) is -0.974. The van der Waals surface area contributed by atoms with Crippen molar-refractivity contribution in [3.05, 3.63) is 187 Å². The molecule has 57 heavy (non-hydrogen) atoms. The monoisotopic (exact) mass is 799 g/mol.